The largest absolute Gasteiger partial charge is 0.396 e. The molecule has 14 heavy (non-hydrogen) atoms. The second kappa shape index (κ2) is 3.49. The van der Waals surface area contributed by atoms with Crippen molar-refractivity contribution in [2.75, 3.05) is 5.73 Å². The van der Waals surface area contributed by atoms with Crippen LogP contribution in [0.1, 0.15) is 12.7 Å². The Morgan fingerprint density at radius 3 is 3.00 bits per heavy atom. The highest BCUT2D eigenvalue weighted by atomic mass is 15.3. The molecule has 0 bridgehead atoms. The molecule has 0 aromatic carbocycles. The van der Waals surface area contributed by atoms with Crippen LogP contribution < -0.4 is 5.73 Å². The summed E-state index contributed by atoms with van der Waals surface area (Å²) in [5.41, 5.74) is 6.21. The van der Waals surface area contributed by atoms with Gasteiger partial charge in [0.25, 0.3) is 0 Å². The van der Waals surface area contributed by atoms with Crippen molar-refractivity contribution in [3.05, 3.63) is 24.5 Å². The maximum atomic E-state index is 5.55. The van der Waals surface area contributed by atoms with Crippen molar-refractivity contribution in [2.45, 2.75) is 20.0 Å². The van der Waals surface area contributed by atoms with E-state index in [1.807, 2.05) is 11.5 Å². The first kappa shape index (κ1) is 8.74. The van der Waals surface area contributed by atoms with E-state index in [-0.39, 0.29) is 0 Å². The van der Waals surface area contributed by atoms with E-state index in [0.717, 1.165) is 12.4 Å². The molecule has 0 saturated heterocycles. The molecule has 0 atom stereocenters. The molecule has 6 nitrogen and oxygen atoms in total. The second-order valence-electron chi connectivity index (χ2n) is 3.00. The topological polar surface area (TPSA) is 74.5 Å². The van der Waals surface area contributed by atoms with Gasteiger partial charge >= 0.3 is 0 Å². The molecule has 0 spiro atoms. The van der Waals surface area contributed by atoms with Crippen LogP contribution in [0.25, 0.3) is 0 Å². The molecule has 2 rings (SSSR count). The molecular weight excluding hydrogens is 180 g/mol. The van der Waals surface area contributed by atoms with Crippen molar-refractivity contribution in [2.24, 2.45) is 0 Å². The Morgan fingerprint density at radius 1 is 1.50 bits per heavy atom. The lowest BCUT2D eigenvalue weighted by atomic mass is 10.5. The Bertz CT molecular complexity index is 415. The molecule has 0 fully saturated rings. The van der Waals surface area contributed by atoms with Crippen LogP contribution >= 0.6 is 0 Å². The zero-order chi connectivity index (χ0) is 9.97. The van der Waals surface area contributed by atoms with E-state index in [2.05, 4.69) is 15.3 Å². The predicted octanol–water partition coefficient (Wildman–Crippen LogP) is 0.125. The van der Waals surface area contributed by atoms with Crippen LogP contribution in [-0.2, 0) is 13.1 Å². The lowest BCUT2D eigenvalue weighted by molar-refractivity contribution is 0.606. The highest BCUT2D eigenvalue weighted by Gasteiger charge is 2.03. The number of aryl methyl sites for hydroxylation is 1. The van der Waals surface area contributed by atoms with Gasteiger partial charge in [-0.3, -0.25) is 4.68 Å². The lowest BCUT2D eigenvalue weighted by Gasteiger charge is -2.02. The summed E-state index contributed by atoms with van der Waals surface area (Å²) >= 11 is 0. The van der Waals surface area contributed by atoms with Crippen LogP contribution in [0.15, 0.2) is 18.7 Å². The molecule has 2 aromatic rings. The highest BCUT2D eigenvalue weighted by molar-refractivity contribution is 5.30. The number of anilines is 1. The van der Waals surface area contributed by atoms with E-state index in [0.29, 0.717) is 12.2 Å². The van der Waals surface area contributed by atoms with Gasteiger partial charge in [0.2, 0.25) is 0 Å². The van der Waals surface area contributed by atoms with Crippen LogP contribution in [0.3, 0.4) is 0 Å². The molecule has 2 N–H and O–H groups in total. The van der Waals surface area contributed by atoms with Crippen molar-refractivity contribution in [3.63, 3.8) is 0 Å². The number of nitrogens with two attached hydrogens (primary N) is 1. The first-order chi connectivity index (χ1) is 6.79. The third kappa shape index (κ3) is 1.59. The van der Waals surface area contributed by atoms with Gasteiger partial charge in [-0.05, 0) is 6.92 Å². The SMILES string of the molecule is CCn1cnnc1Cn1cc(N)cn1. The van der Waals surface area contributed by atoms with Crippen molar-refractivity contribution in [1.29, 1.82) is 0 Å². The van der Waals surface area contributed by atoms with E-state index in [1.54, 1.807) is 23.4 Å². The Kier molecular flexibility index (Phi) is 2.18. The summed E-state index contributed by atoms with van der Waals surface area (Å²) in [4.78, 5) is 0. The van der Waals surface area contributed by atoms with Gasteiger partial charge in [-0.25, -0.2) is 0 Å². The van der Waals surface area contributed by atoms with Crippen LogP contribution in [0, 0.1) is 0 Å². The number of hydrogen-bond acceptors (Lipinski definition) is 4. The zero-order valence-electron chi connectivity index (χ0n) is 7.96. The van der Waals surface area contributed by atoms with Gasteiger partial charge in [-0.1, -0.05) is 0 Å². The molecule has 6 heteroatoms. The van der Waals surface area contributed by atoms with E-state index in [4.69, 9.17) is 5.73 Å². The fraction of sp³-hybridized carbons (Fsp3) is 0.375. The zero-order valence-corrected chi connectivity index (χ0v) is 7.96. The maximum Gasteiger partial charge on any atom is 0.154 e. The standard InChI is InChI=1S/C8H12N6/c1-2-13-6-10-12-8(13)5-14-4-7(9)3-11-14/h3-4,6H,2,5,9H2,1H3. The number of nitrogen functional groups attached to an aromatic ring is 1. The molecule has 2 heterocycles. The summed E-state index contributed by atoms with van der Waals surface area (Å²) in [7, 11) is 0. The van der Waals surface area contributed by atoms with Gasteiger partial charge in [0, 0.05) is 12.7 Å². The monoisotopic (exact) mass is 192 g/mol. The average Bonchev–Trinajstić information content (AvgIpc) is 2.76. The normalized spacial score (nSPS) is 10.6. The third-order valence-corrected chi connectivity index (χ3v) is 1.99. The van der Waals surface area contributed by atoms with E-state index in [9.17, 15) is 0 Å². The Hall–Kier alpha value is -1.85. The summed E-state index contributed by atoms with van der Waals surface area (Å²) in [6.07, 6.45) is 5.10. The van der Waals surface area contributed by atoms with E-state index < -0.39 is 0 Å². The van der Waals surface area contributed by atoms with Crippen molar-refractivity contribution in [1.82, 2.24) is 24.5 Å². The summed E-state index contributed by atoms with van der Waals surface area (Å²) in [5.74, 6) is 0.885. The second-order valence-corrected chi connectivity index (χ2v) is 3.00. The minimum absolute atomic E-state index is 0.602. The number of hydrogen-bond donors (Lipinski definition) is 1. The van der Waals surface area contributed by atoms with Crippen LogP contribution in [0.4, 0.5) is 5.69 Å². The first-order valence-electron chi connectivity index (χ1n) is 4.44. The molecule has 0 amide bonds. The first-order valence-corrected chi connectivity index (χ1v) is 4.44. The van der Waals surface area contributed by atoms with Gasteiger partial charge in [0.1, 0.15) is 12.9 Å². The van der Waals surface area contributed by atoms with Crippen molar-refractivity contribution < 1.29 is 0 Å². The van der Waals surface area contributed by atoms with Gasteiger partial charge in [-0.15, -0.1) is 10.2 Å². The van der Waals surface area contributed by atoms with E-state index >= 15 is 0 Å². The Labute approximate surface area is 81.4 Å². The predicted molar refractivity (Wildman–Crippen MR) is 51.4 cm³/mol. The molecule has 0 unspecified atom stereocenters. The molecular formula is C8H12N6. The summed E-state index contributed by atoms with van der Waals surface area (Å²) in [6.45, 7) is 3.51. The van der Waals surface area contributed by atoms with Crippen LogP contribution in [0.2, 0.25) is 0 Å². The molecule has 2 aromatic heterocycles. The maximum absolute atomic E-state index is 5.55. The minimum atomic E-state index is 0.602. The fourth-order valence-corrected chi connectivity index (χ4v) is 1.28. The van der Waals surface area contributed by atoms with E-state index in [1.165, 1.54) is 0 Å². The summed E-state index contributed by atoms with van der Waals surface area (Å²) in [5, 5.41) is 11.9. The minimum Gasteiger partial charge on any atom is -0.396 e. The van der Waals surface area contributed by atoms with Gasteiger partial charge in [0.05, 0.1) is 11.9 Å². The van der Waals surface area contributed by atoms with Crippen LogP contribution in [-0.4, -0.2) is 24.5 Å². The summed E-state index contributed by atoms with van der Waals surface area (Å²) < 4.78 is 3.71. The van der Waals surface area contributed by atoms with Gasteiger partial charge < -0.3 is 10.3 Å². The molecule has 0 saturated carbocycles. The van der Waals surface area contributed by atoms with Gasteiger partial charge in [0.15, 0.2) is 5.82 Å². The average molecular weight is 192 g/mol. The van der Waals surface area contributed by atoms with Crippen LogP contribution in [0.5, 0.6) is 0 Å². The number of rotatable bonds is 3. The summed E-state index contributed by atoms with van der Waals surface area (Å²) in [6, 6.07) is 0. The van der Waals surface area contributed by atoms with Gasteiger partial charge in [-0.2, -0.15) is 5.10 Å². The van der Waals surface area contributed by atoms with Crippen molar-refractivity contribution in [3.8, 4) is 0 Å². The molecule has 0 aliphatic carbocycles. The molecule has 0 aliphatic heterocycles. The molecule has 0 aliphatic rings. The smallest absolute Gasteiger partial charge is 0.154 e. The number of nitrogens with zero attached hydrogens (tertiary/aromatic N) is 5. The lowest BCUT2D eigenvalue weighted by Crippen LogP contribution is -2.07. The number of aromatic nitrogens is 5. The quantitative estimate of drug-likeness (QED) is 0.749. The molecule has 0 radical (unpaired) electrons. The molecule has 74 valence electrons. The Morgan fingerprint density at radius 2 is 2.36 bits per heavy atom. The third-order valence-electron chi connectivity index (χ3n) is 1.99. The van der Waals surface area contributed by atoms with Crippen molar-refractivity contribution >= 4 is 5.69 Å². The highest BCUT2D eigenvalue weighted by Crippen LogP contribution is 2.02. The fourth-order valence-electron chi connectivity index (χ4n) is 1.28. The Balaban J connectivity index is 2.18.